The minimum atomic E-state index is 0.455. The Morgan fingerprint density at radius 2 is 1.92 bits per heavy atom. The molecule has 4 rings (SSSR count). The van der Waals surface area contributed by atoms with Gasteiger partial charge in [-0.25, -0.2) is 9.97 Å². The number of hydrogen-bond acceptors (Lipinski definition) is 6. The Morgan fingerprint density at radius 1 is 1.17 bits per heavy atom. The highest BCUT2D eigenvalue weighted by Gasteiger charge is 2.22. The Balaban J connectivity index is 2.02. The second kappa shape index (κ2) is 5.58. The number of aromatic nitrogens is 4. The molecule has 0 atom stereocenters. The van der Waals surface area contributed by atoms with Crippen LogP contribution >= 0.6 is 11.6 Å². The summed E-state index contributed by atoms with van der Waals surface area (Å²) in [6.07, 6.45) is 0. The van der Waals surface area contributed by atoms with Crippen LogP contribution in [0.15, 0.2) is 12.1 Å². The summed E-state index contributed by atoms with van der Waals surface area (Å²) < 4.78 is 1.76. The maximum absolute atomic E-state index is 9.46. The SMILES string of the molecule is Cc1nc2c3cc(Cl)cc(C#N)c3nc(N3CCN(C)CC3)n2n1. The Morgan fingerprint density at radius 3 is 2.62 bits per heavy atom. The average Bonchev–Trinajstić information content (AvgIpc) is 2.96. The summed E-state index contributed by atoms with van der Waals surface area (Å²) in [6, 6.07) is 5.63. The lowest BCUT2D eigenvalue weighted by Gasteiger charge is -2.33. The number of anilines is 1. The Kier molecular flexibility index (Phi) is 3.52. The van der Waals surface area contributed by atoms with Gasteiger partial charge in [0.2, 0.25) is 5.95 Å². The van der Waals surface area contributed by atoms with Gasteiger partial charge in [-0.3, -0.25) is 0 Å². The zero-order valence-electron chi connectivity index (χ0n) is 13.5. The van der Waals surface area contributed by atoms with Crippen LogP contribution in [0.1, 0.15) is 11.4 Å². The van der Waals surface area contributed by atoms with E-state index in [1.807, 2.05) is 6.92 Å². The predicted molar refractivity (Wildman–Crippen MR) is 92.5 cm³/mol. The van der Waals surface area contributed by atoms with E-state index in [0.29, 0.717) is 27.6 Å². The standard InChI is InChI=1S/C16H16ClN7/c1-10-19-15-13-8-12(17)7-11(9-18)14(13)20-16(24(15)21-10)23-5-3-22(2)4-6-23/h7-8H,3-6H2,1-2H3. The van der Waals surface area contributed by atoms with Gasteiger partial charge in [-0.05, 0) is 26.1 Å². The molecular weight excluding hydrogens is 326 g/mol. The normalized spacial score (nSPS) is 16.0. The number of halogens is 1. The van der Waals surface area contributed by atoms with E-state index in [9.17, 15) is 5.26 Å². The lowest BCUT2D eigenvalue weighted by molar-refractivity contribution is 0.310. The first kappa shape index (κ1) is 15.1. The van der Waals surface area contributed by atoms with Crippen LogP contribution in [-0.2, 0) is 0 Å². The zero-order chi connectivity index (χ0) is 16.8. The molecule has 0 saturated carbocycles. The predicted octanol–water partition coefficient (Wildman–Crippen LogP) is 1.86. The molecule has 1 aliphatic heterocycles. The Hall–Kier alpha value is -2.43. The Labute approximate surface area is 144 Å². The molecule has 0 aliphatic carbocycles. The number of hydrogen-bond donors (Lipinski definition) is 0. The molecule has 0 radical (unpaired) electrons. The average molecular weight is 342 g/mol. The van der Waals surface area contributed by atoms with E-state index in [4.69, 9.17) is 16.6 Å². The van der Waals surface area contributed by atoms with E-state index in [1.54, 1.807) is 16.6 Å². The minimum Gasteiger partial charge on any atom is -0.338 e. The van der Waals surface area contributed by atoms with Gasteiger partial charge in [0, 0.05) is 36.6 Å². The maximum atomic E-state index is 9.46. The fourth-order valence-electron chi connectivity index (χ4n) is 3.06. The zero-order valence-corrected chi connectivity index (χ0v) is 14.2. The second-order valence-corrected chi connectivity index (χ2v) is 6.49. The molecule has 3 heterocycles. The molecule has 7 nitrogen and oxygen atoms in total. The summed E-state index contributed by atoms with van der Waals surface area (Å²) in [5.74, 6) is 1.39. The van der Waals surface area contributed by atoms with Crippen molar-refractivity contribution in [3.05, 3.63) is 28.5 Å². The van der Waals surface area contributed by atoms with Crippen molar-refractivity contribution in [2.45, 2.75) is 6.92 Å². The maximum Gasteiger partial charge on any atom is 0.229 e. The molecule has 0 spiro atoms. The van der Waals surface area contributed by atoms with E-state index in [1.165, 1.54) is 0 Å². The molecule has 1 fully saturated rings. The monoisotopic (exact) mass is 341 g/mol. The summed E-state index contributed by atoms with van der Waals surface area (Å²) >= 11 is 6.16. The van der Waals surface area contributed by atoms with Crippen molar-refractivity contribution in [2.75, 3.05) is 38.1 Å². The second-order valence-electron chi connectivity index (χ2n) is 6.06. The van der Waals surface area contributed by atoms with Gasteiger partial charge in [0.1, 0.15) is 11.9 Å². The molecule has 1 aromatic carbocycles. The third-order valence-corrected chi connectivity index (χ3v) is 4.55. The number of fused-ring (bicyclic) bond motifs is 3. The number of piperazine rings is 1. The molecule has 3 aromatic rings. The van der Waals surface area contributed by atoms with E-state index in [2.05, 4.69) is 33.0 Å². The van der Waals surface area contributed by atoms with Crippen molar-refractivity contribution in [2.24, 2.45) is 0 Å². The summed E-state index contributed by atoms with van der Waals surface area (Å²) in [5.41, 5.74) is 1.76. The van der Waals surface area contributed by atoms with Crippen molar-refractivity contribution < 1.29 is 0 Å². The number of nitrogens with zero attached hydrogens (tertiary/aromatic N) is 7. The van der Waals surface area contributed by atoms with Crippen LogP contribution in [-0.4, -0.2) is 57.7 Å². The van der Waals surface area contributed by atoms with Crippen LogP contribution in [0.2, 0.25) is 5.02 Å². The first-order chi connectivity index (χ1) is 11.6. The van der Waals surface area contributed by atoms with Crippen molar-refractivity contribution in [3.63, 3.8) is 0 Å². The summed E-state index contributed by atoms with van der Waals surface area (Å²) in [4.78, 5) is 13.8. The molecule has 0 bridgehead atoms. The molecule has 1 saturated heterocycles. The quantitative estimate of drug-likeness (QED) is 0.672. The largest absolute Gasteiger partial charge is 0.338 e. The number of benzene rings is 1. The third-order valence-electron chi connectivity index (χ3n) is 4.34. The van der Waals surface area contributed by atoms with Gasteiger partial charge >= 0.3 is 0 Å². The van der Waals surface area contributed by atoms with Crippen molar-refractivity contribution in [1.82, 2.24) is 24.5 Å². The summed E-state index contributed by atoms with van der Waals surface area (Å²) in [6.45, 7) is 5.49. The van der Waals surface area contributed by atoms with Gasteiger partial charge in [0.15, 0.2) is 5.65 Å². The van der Waals surface area contributed by atoms with Crippen LogP contribution in [0.25, 0.3) is 16.6 Å². The molecular formula is C16H16ClN7. The lowest BCUT2D eigenvalue weighted by atomic mass is 10.1. The number of aryl methyl sites for hydroxylation is 1. The van der Waals surface area contributed by atoms with Gasteiger partial charge in [-0.15, -0.1) is 5.10 Å². The van der Waals surface area contributed by atoms with E-state index >= 15 is 0 Å². The molecule has 8 heteroatoms. The van der Waals surface area contributed by atoms with Crippen molar-refractivity contribution >= 4 is 34.1 Å². The molecule has 2 aromatic heterocycles. The molecule has 0 unspecified atom stereocenters. The molecule has 0 N–H and O–H groups in total. The van der Waals surface area contributed by atoms with Gasteiger partial charge in [-0.2, -0.15) is 9.78 Å². The fraction of sp³-hybridized carbons (Fsp3) is 0.375. The van der Waals surface area contributed by atoms with Crippen molar-refractivity contribution in [1.29, 1.82) is 5.26 Å². The van der Waals surface area contributed by atoms with Crippen LogP contribution in [0.4, 0.5) is 5.95 Å². The first-order valence-corrected chi connectivity index (χ1v) is 8.15. The van der Waals surface area contributed by atoms with E-state index in [-0.39, 0.29) is 0 Å². The van der Waals surface area contributed by atoms with Gasteiger partial charge in [0.25, 0.3) is 0 Å². The topological polar surface area (TPSA) is 73.4 Å². The summed E-state index contributed by atoms with van der Waals surface area (Å²) in [5, 5.41) is 15.2. The van der Waals surface area contributed by atoms with Crippen LogP contribution in [0, 0.1) is 18.3 Å². The lowest BCUT2D eigenvalue weighted by Crippen LogP contribution is -2.45. The van der Waals surface area contributed by atoms with E-state index in [0.717, 1.165) is 37.5 Å². The number of rotatable bonds is 1. The molecule has 1 aliphatic rings. The number of likely N-dealkylation sites (N-methyl/N-ethyl adjacent to an activating group) is 1. The minimum absolute atomic E-state index is 0.455. The van der Waals surface area contributed by atoms with Crippen LogP contribution in [0.3, 0.4) is 0 Å². The molecule has 122 valence electrons. The van der Waals surface area contributed by atoms with Crippen LogP contribution < -0.4 is 4.90 Å². The third kappa shape index (κ3) is 2.35. The van der Waals surface area contributed by atoms with Crippen LogP contribution in [0.5, 0.6) is 0 Å². The fourth-order valence-corrected chi connectivity index (χ4v) is 3.28. The smallest absolute Gasteiger partial charge is 0.229 e. The first-order valence-electron chi connectivity index (χ1n) is 7.77. The van der Waals surface area contributed by atoms with E-state index < -0.39 is 0 Å². The number of nitriles is 1. The highest BCUT2D eigenvalue weighted by atomic mass is 35.5. The van der Waals surface area contributed by atoms with Crippen molar-refractivity contribution in [3.8, 4) is 6.07 Å². The van der Waals surface area contributed by atoms with Gasteiger partial charge in [-0.1, -0.05) is 11.6 Å². The Bertz CT molecular complexity index is 980. The highest BCUT2D eigenvalue weighted by Crippen LogP contribution is 2.28. The summed E-state index contributed by atoms with van der Waals surface area (Å²) in [7, 11) is 2.11. The van der Waals surface area contributed by atoms with Gasteiger partial charge < -0.3 is 9.80 Å². The van der Waals surface area contributed by atoms with Gasteiger partial charge in [0.05, 0.1) is 11.1 Å². The molecule has 24 heavy (non-hydrogen) atoms. The molecule has 0 amide bonds. The highest BCUT2D eigenvalue weighted by molar-refractivity contribution is 6.31.